The largest absolute Gasteiger partial charge is 0.372 e. The van der Waals surface area contributed by atoms with Crippen molar-refractivity contribution in [3.8, 4) is 0 Å². The summed E-state index contributed by atoms with van der Waals surface area (Å²) in [6, 6.07) is 0.750. The molecule has 3 saturated heterocycles. The van der Waals surface area contributed by atoms with Crippen LogP contribution in [-0.2, 0) is 9.47 Å². The zero-order chi connectivity index (χ0) is 10.1. The van der Waals surface area contributed by atoms with Gasteiger partial charge in [-0.05, 0) is 25.9 Å². The van der Waals surface area contributed by atoms with Crippen LogP contribution in [0.15, 0.2) is 0 Å². The predicted octanol–water partition coefficient (Wildman–Crippen LogP) is -0.162. The van der Waals surface area contributed by atoms with Gasteiger partial charge in [-0.1, -0.05) is 0 Å². The molecule has 0 saturated carbocycles. The molecule has 3 rings (SSSR count). The zero-order valence-electron chi connectivity index (χ0n) is 9.15. The molecule has 0 aliphatic carbocycles. The van der Waals surface area contributed by atoms with Gasteiger partial charge in [-0.15, -0.1) is 0 Å². The van der Waals surface area contributed by atoms with Gasteiger partial charge in [-0.3, -0.25) is 4.90 Å². The Morgan fingerprint density at radius 2 is 1.53 bits per heavy atom. The van der Waals surface area contributed by atoms with Crippen molar-refractivity contribution in [2.75, 3.05) is 39.4 Å². The minimum absolute atomic E-state index is 0.513. The molecule has 3 aliphatic rings. The van der Waals surface area contributed by atoms with Crippen molar-refractivity contribution >= 4 is 0 Å². The van der Waals surface area contributed by atoms with E-state index in [9.17, 15) is 0 Å². The quantitative estimate of drug-likeness (QED) is 0.643. The van der Waals surface area contributed by atoms with Gasteiger partial charge < -0.3 is 14.8 Å². The Morgan fingerprint density at radius 3 is 2.00 bits per heavy atom. The minimum Gasteiger partial charge on any atom is -0.372 e. The standard InChI is InChI=1S/C11H20N2O2/c1-3-12-4-2-9(1)13(5-10-7-14-10)6-11-8-15-11/h9-12H,1-8H2. The maximum Gasteiger partial charge on any atom is 0.0936 e. The van der Waals surface area contributed by atoms with Gasteiger partial charge in [0.25, 0.3) is 0 Å². The molecular formula is C11H20N2O2. The molecule has 0 aromatic carbocycles. The summed E-state index contributed by atoms with van der Waals surface area (Å²) in [5.41, 5.74) is 0. The number of ether oxygens (including phenoxy) is 2. The van der Waals surface area contributed by atoms with Crippen molar-refractivity contribution in [3.05, 3.63) is 0 Å². The molecule has 0 amide bonds. The van der Waals surface area contributed by atoms with E-state index in [1.807, 2.05) is 0 Å². The molecule has 4 nitrogen and oxygen atoms in total. The second-order valence-corrected chi connectivity index (χ2v) is 4.85. The first-order valence-electron chi connectivity index (χ1n) is 6.10. The second-order valence-electron chi connectivity index (χ2n) is 4.85. The average Bonchev–Trinajstić information content (AvgIpc) is 3.13. The lowest BCUT2D eigenvalue weighted by molar-refractivity contribution is 0.137. The fourth-order valence-electron chi connectivity index (χ4n) is 2.41. The fourth-order valence-corrected chi connectivity index (χ4v) is 2.41. The van der Waals surface area contributed by atoms with Crippen molar-refractivity contribution in [1.29, 1.82) is 0 Å². The van der Waals surface area contributed by atoms with Crippen LogP contribution in [0.4, 0.5) is 0 Å². The maximum atomic E-state index is 5.33. The Morgan fingerprint density at radius 1 is 1.00 bits per heavy atom. The van der Waals surface area contributed by atoms with E-state index in [-0.39, 0.29) is 0 Å². The highest BCUT2D eigenvalue weighted by atomic mass is 16.6. The van der Waals surface area contributed by atoms with Crippen LogP contribution in [0.2, 0.25) is 0 Å². The number of hydrogen-bond acceptors (Lipinski definition) is 4. The summed E-state index contributed by atoms with van der Waals surface area (Å²) in [5.74, 6) is 0. The van der Waals surface area contributed by atoms with E-state index in [4.69, 9.17) is 9.47 Å². The van der Waals surface area contributed by atoms with Gasteiger partial charge in [0, 0.05) is 19.1 Å². The third-order valence-electron chi connectivity index (χ3n) is 3.51. The zero-order valence-corrected chi connectivity index (χ0v) is 9.15. The van der Waals surface area contributed by atoms with Gasteiger partial charge in [0.05, 0.1) is 25.4 Å². The lowest BCUT2D eigenvalue weighted by atomic mass is 10.0. The van der Waals surface area contributed by atoms with E-state index < -0.39 is 0 Å². The highest BCUT2D eigenvalue weighted by Crippen LogP contribution is 2.21. The molecular weight excluding hydrogens is 192 g/mol. The summed E-state index contributed by atoms with van der Waals surface area (Å²) < 4.78 is 10.7. The number of nitrogens with one attached hydrogen (secondary N) is 1. The number of nitrogens with zero attached hydrogens (tertiary/aromatic N) is 1. The van der Waals surface area contributed by atoms with Crippen LogP contribution in [-0.4, -0.2) is 62.5 Å². The number of epoxide rings is 2. The molecule has 3 aliphatic heterocycles. The van der Waals surface area contributed by atoms with Crippen LogP contribution >= 0.6 is 0 Å². The predicted molar refractivity (Wildman–Crippen MR) is 56.9 cm³/mol. The van der Waals surface area contributed by atoms with E-state index in [1.54, 1.807) is 0 Å². The number of hydrogen-bond donors (Lipinski definition) is 1. The molecule has 2 unspecified atom stereocenters. The maximum absolute atomic E-state index is 5.33. The van der Waals surface area contributed by atoms with E-state index in [0.29, 0.717) is 12.2 Å². The summed E-state index contributed by atoms with van der Waals surface area (Å²) in [6.07, 6.45) is 3.58. The van der Waals surface area contributed by atoms with Crippen molar-refractivity contribution in [2.45, 2.75) is 31.1 Å². The normalized spacial score (nSPS) is 35.8. The number of piperidine rings is 1. The minimum atomic E-state index is 0.513. The van der Waals surface area contributed by atoms with Crippen LogP contribution in [0.1, 0.15) is 12.8 Å². The summed E-state index contributed by atoms with van der Waals surface area (Å²) >= 11 is 0. The Bertz CT molecular complexity index is 197. The van der Waals surface area contributed by atoms with Crippen LogP contribution in [0.5, 0.6) is 0 Å². The van der Waals surface area contributed by atoms with Gasteiger partial charge in [0.1, 0.15) is 0 Å². The molecule has 0 radical (unpaired) electrons. The summed E-state index contributed by atoms with van der Waals surface area (Å²) in [6.45, 7) is 6.49. The second kappa shape index (κ2) is 4.37. The molecule has 3 heterocycles. The van der Waals surface area contributed by atoms with Crippen LogP contribution in [0.25, 0.3) is 0 Å². The van der Waals surface area contributed by atoms with Crippen LogP contribution in [0, 0.1) is 0 Å². The molecule has 0 spiro atoms. The van der Waals surface area contributed by atoms with Crippen molar-refractivity contribution in [2.24, 2.45) is 0 Å². The Balaban J connectivity index is 1.53. The van der Waals surface area contributed by atoms with Gasteiger partial charge in [0.2, 0.25) is 0 Å². The third-order valence-corrected chi connectivity index (χ3v) is 3.51. The fraction of sp³-hybridized carbons (Fsp3) is 1.00. The highest BCUT2D eigenvalue weighted by Gasteiger charge is 2.34. The van der Waals surface area contributed by atoms with Gasteiger partial charge >= 0.3 is 0 Å². The molecule has 0 bridgehead atoms. The van der Waals surface area contributed by atoms with E-state index in [1.165, 1.54) is 12.8 Å². The molecule has 4 heteroatoms. The summed E-state index contributed by atoms with van der Waals surface area (Å²) in [5, 5.41) is 3.42. The smallest absolute Gasteiger partial charge is 0.0936 e. The van der Waals surface area contributed by atoms with E-state index in [2.05, 4.69) is 10.2 Å². The van der Waals surface area contributed by atoms with Gasteiger partial charge in [-0.25, -0.2) is 0 Å². The topological polar surface area (TPSA) is 40.3 Å². The third kappa shape index (κ3) is 2.91. The first-order chi connectivity index (χ1) is 7.42. The monoisotopic (exact) mass is 212 g/mol. The van der Waals surface area contributed by atoms with Crippen molar-refractivity contribution in [3.63, 3.8) is 0 Å². The SMILES string of the molecule is C1CC(N(CC2CO2)CC2CO2)CCN1. The van der Waals surface area contributed by atoms with Crippen molar-refractivity contribution < 1.29 is 9.47 Å². The molecule has 0 aromatic rings. The highest BCUT2D eigenvalue weighted by molar-refractivity contribution is 4.86. The molecule has 3 fully saturated rings. The molecule has 1 N–H and O–H groups in total. The lowest BCUT2D eigenvalue weighted by Crippen LogP contribution is -2.46. The Hall–Kier alpha value is -0.160. The first-order valence-corrected chi connectivity index (χ1v) is 6.10. The molecule has 15 heavy (non-hydrogen) atoms. The molecule has 86 valence electrons. The van der Waals surface area contributed by atoms with Gasteiger partial charge in [-0.2, -0.15) is 0 Å². The van der Waals surface area contributed by atoms with Crippen molar-refractivity contribution in [1.82, 2.24) is 10.2 Å². The van der Waals surface area contributed by atoms with E-state index in [0.717, 1.165) is 45.4 Å². The Kier molecular flexibility index (Phi) is 2.92. The summed E-state index contributed by atoms with van der Waals surface area (Å²) in [7, 11) is 0. The average molecular weight is 212 g/mol. The summed E-state index contributed by atoms with van der Waals surface area (Å²) in [4.78, 5) is 2.59. The first kappa shape index (κ1) is 10.0. The molecule has 2 atom stereocenters. The van der Waals surface area contributed by atoms with E-state index >= 15 is 0 Å². The lowest BCUT2D eigenvalue weighted by Gasteiger charge is -2.33. The Labute approximate surface area is 90.9 Å². The van der Waals surface area contributed by atoms with Crippen LogP contribution < -0.4 is 5.32 Å². The molecule has 0 aromatic heterocycles. The number of rotatable bonds is 5. The van der Waals surface area contributed by atoms with Gasteiger partial charge in [0.15, 0.2) is 0 Å². The van der Waals surface area contributed by atoms with Crippen LogP contribution in [0.3, 0.4) is 0 Å².